The second kappa shape index (κ2) is 9.67. The van der Waals surface area contributed by atoms with Gasteiger partial charge in [0, 0.05) is 0 Å². The standard InChI is InChI=1S/2Mg.H2O3S.4H/c;;1-4(2)3;;;;/h;;4H,(H,1,2,3);;;;. The highest BCUT2D eigenvalue weighted by atomic mass is 32.2. The average molecular weight is 135 g/mol. The van der Waals surface area contributed by atoms with Gasteiger partial charge in [0.15, 0.2) is 0 Å². The van der Waals surface area contributed by atoms with Crippen LogP contribution in [0.4, 0.5) is 0 Å². The first kappa shape index (κ1) is 15.7. The lowest BCUT2D eigenvalue weighted by atomic mass is 15.9. The van der Waals surface area contributed by atoms with Gasteiger partial charge >= 0.3 is 46.1 Å². The summed E-state index contributed by atoms with van der Waals surface area (Å²) in [5.41, 5.74) is 0. The lowest BCUT2D eigenvalue weighted by Gasteiger charge is -1.43. The molecule has 0 bridgehead atoms. The van der Waals surface area contributed by atoms with Crippen molar-refractivity contribution in [2.75, 3.05) is 0 Å². The number of hydrogen-bond acceptors (Lipinski definition) is 2. The maximum absolute atomic E-state index is 8.59. The predicted molar refractivity (Wildman–Crippen MR) is 30.0 cm³/mol. The largest absolute Gasteiger partial charge is 0.316 e. The van der Waals surface area contributed by atoms with Gasteiger partial charge in [0.1, 0.15) is 0 Å². The van der Waals surface area contributed by atoms with Crippen molar-refractivity contribution in [3.63, 3.8) is 0 Å². The Balaban J connectivity index is -0.0000000450. The molecule has 0 radical (unpaired) electrons. The van der Waals surface area contributed by atoms with Crippen molar-refractivity contribution in [3.8, 4) is 0 Å². The summed E-state index contributed by atoms with van der Waals surface area (Å²) in [6, 6.07) is 0. The van der Waals surface area contributed by atoms with E-state index in [9.17, 15) is 0 Å². The number of thiol groups is 1. The minimum atomic E-state index is -3.12. The van der Waals surface area contributed by atoms with E-state index in [1.54, 1.807) is 0 Å². The molecular formula is H6Mg2O3S. The molecule has 0 heterocycles. The smallest absolute Gasteiger partial charge is 0.288 e. The minimum Gasteiger partial charge on any atom is -0.288 e. The molecular weight excluding hydrogens is 129 g/mol. The molecule has 0 fully saturated rings. The zero-order valence-corrected chi connectivity index (χ0v) is 2.61. The van der Waals surface area contributed by atoms with Gasteiger partial charge in [0.25, 0.3) is 11.0 Å². The number of hydrogen-bond donors (Lipinski definition) is 2. The summed E-state index contributed by atoms with van der Waals surface area (Å²) in [5, 5.41) is 0. The second-order valence-corrected chi connectivity index (χ2v) is 0.714. The van der Waals surface area contributed by atoms with Crippen LogP contribution in [0.2, 0.25) is 0 Å². The Labute approximate surface area is 69.6 Å². The van der Waals surface area contributed by atoms with E-state index in [0.717, 1.165) is 0 Å². The maximum atomic E-state index is 8.59. The van der Waals surface area contributed by atoms with Gasteiger partial charge in [-0.2, -0.15) is 0 Å². The molecule has 0 saturated heterocycles. The minimum absolute atomic E-state index is 0. The van der Waals surface area contributed by atoms with E-state index >= 15 is 0 Å². The van der Waals surface area contributed by atoms with Gasteiger partial charge < -0.3 is 0 Å². The Kier molecular flexibility index (Phi) is 25.2. The number of rotatable bonds is 0. The van der Waals surface area contributed by atoms with E-state index in [1.165, 1.54) is 0 Å². The van der Waals surface area contributed by atoms with E-state index in [-0.39, 0.29) is 46.1 Å². The third kappa shape index (κ3) is 51.6. The van der Waals surface area contributed by atoms with E-state index in [2.05, 4.69) is 0 Å². The average Bonchev–Trinajstić information content (AvgIpc) is 0.811. The van der Waals surface area contributed by atoms with Crippen LogP contribution >= 0.6 is 0 Å². The van der Waals surface area contributed by atoms with Gasteiger partial charge in [0.05, 0.1) is 0 Å². The van der Waals surface area contributed by atoms with E-state index in [1.807, 2.05) is 0 Å². The molecule has 0 rings (SSSR count). The van der Waals surface area contributed by atoms with Crippen LogP contribution in [0.5, 0.6) is 0 Å². The third-order valence-electron chi connectivity index (χ3n) is 0. The molecule has 6 heavy (non-hydrogen) atoms. The lowest BCUT2D eigenvalue weighted by molar-refractivity contribution is 0.509. The van der Waals surface area contributed by atoms with Gasteiger partial charge in [-0.1, -0.05) is 0 Å². The highest BCUT2D eigenvalue weighted by Crippen LogP contribution is 1.27. The van der Waals surface area contributed by atoms with Crippen molar-refractivity contribution >= 4 is 57.1 Å². The molecule has 0 aliphatic rings. The Hall–Kier alpha value is 1.44. The maximum Gasteiger partial charge on any atom is 0.316 e. The summed E-state index contributed by atoms with van der Waals surface area (Å²) in [6.45, 7) is 0. The quantitative estimate of drug-likeness (QED) is 0.215. The van der Waals surface area contributed by atoms with Gasteiger partial charge in [-0.05, 0) is 0 Å². The first-order valence-electron chi connectivity index (χ1n) is 0.565. The highest BCUT2D eigenvalue weighted by molar-refractivity contribution is 7.66. The van der Waals surface area contributed by atoms with E-state index in [4.69, 9.17) is 13.0 Å². The molecule has 0 aromatic carbocycles. The van der Waals surface area contributed by atoms with Crippen molar-refractivity contribution in [2.24, 2.45) is 0 Å². The Morgan fingerprint density at radius 3 is 1.17 bits per heavy atom. The summed E-state index contributed by atoms with van der Waals surface area (Å²) in [4.78, 5) is 0. The van der Waals surface area contributed by atoms with E-state index in [0.29, 0.717) is 0 Å². The van der Waals surface area contributed by atoms with Crippen molar-refractivity contribution in [1.29, 1.82) is 0 Å². The summed E-state index contributed by atoms with van der Waals surface area (Å²) < 4.78 is 24.2. The summed E-state index contributed by atoms with van der Waals surface area (Å²) >= 11 is 0. The third-order valence-corrected chi connectivity index (χ3v) is 0. The molecule has 0 saturated carbocycles. The molecule has 1 N–H and O–H groups in total. The molecule has 0 unspecified atom stereocenters. The molecule has 0 aromatic rings. The second-order valence-electron chi connectivity index (χ2n) is 0.238. The highest BCUT2D eigenvalue weighted by Gasteiger charge is 1.44. The Morgan fingerprint density at radius 2 is 1.17 bits per heavy atom. The SMILES string of the molecule is O=[SH](=O)O.[MgH2].[MgH2]. The molecule has 0 spiro atoms. The zero-order valence-electron chi connectivity index (χ0n) is 1.71. The fourth-order valence-electron chi connectivity index (χ4n) is 0. The molecule has 0 atom stereocenters. The summed E-state index contributed by atoms with van der Waals surface area (Å²) in [7, 11) is -3.12. The van der Waals surface area contributed by atoms with Gasteiger partial charge in [-0.25, -0.2) is 8.42 Å². The molecule has 0 aliphatic heterocycles. The van der Waals surface area contributed by atoms with Gasteiger partial charge in [-0.3, -0.25) is 4.55 Å². The van der Waals surface area contributed by atoms with Crippen molar-refractivity contribution in [3.05, 3.63) is 0 Å². The van der Waals surface area contributed by atoms with Crippen molar-refractivity contribution in [1.82, 2.24) is 0 Å². The molecule has 3 nitrogen and oxygen atoms in total. The van der Waals surface area contributed by atoms with Crippen molar-refractivity contribution < 1.29 is 13.0 Å². The summed E-state index contributed by atoms with van der Waals surface area (Å²) in [6.07, 6.45) is 0. The Bertz CT molecular complexity index is 57.2. The topological polar surface area (TPSA) is 54.4 Å². The van der Waals surface area contributed by atoms with Crippen LogP contribution in [0.25, 0.3) is 0 Å². The lowest BCUT2D eigenvalue weighted by Crippen LogP contribution is -1.58. The molecule has 0 aliphatic carbocycles. The monoisotopic (exact) mass is 134 g/mol. The molecule has 34 valence electrons. The van der Waals surface area contributed by atoms with Crippen LogP contribution < -0.4 is 0 Å². The van der Waals surface area contributed by atoms with Crippen molar-refractivity contribution in [2.45, 2.75) is 0 Å². The summed E-state index contributed by atoms with van der Waals surface area (Å²) in [5.74, 6) is 0. The fraction of sp³-hybridized carbons (Fsp3) is 0. The van der Waals surface area contributed by atoms with E-state index < -0.39 is 11.0 Å². The van der Waals surface area contributed by atoms with Crippen LogP contribution in [-0.2, 0) is 11.0 Å². The zero-order chi connectivity index (χ0) is 3.58. The van der Waals surface area contributed by atoms with Gasteiger partial charge in [0.2, 0.25) is 0 Å². The Morgan fingerprint density at radius 1 is 1.17 bits per heavy atom. The molecule has 0 amide bonds. The normalized spacial score (nSPS) is 5.67. The first-order valence-corrected chi connectivity index (χ1v) is 1.70. The fourth-order valence-corrected chi connectivity index (χ4v) is 0. The molecule has 6 heteroatoms. The van der Waals surface area contributed by atoms with Crippen LogP contribution in [0.1, 0.15) is 0 Å². The van der Waals surface area contributed by atoms with Crippen LogP contribution in [0, 0.1) is 0 Å². The molecule has 0 aromatic heterocycles. The van der Waals surface area contributed by atoms with Crippen LogP contribution in [-0.4, -0.2) is 59.1 Å². The van der Waals surface area contributed by atoms with Gasteiger partial charge in [-0.15, -0.1) is 0 Å². The first-order chi connectivity index (χ1) is 1.73. The predicted octanol–water partition coefficient (Wildman–Crippen LogP) is -2.76. The van der Waals surface area contributed by atoms with Crippen LogP contribution in [0.15, 0.2) is 0 Å². The van der Waals surface area contributed by atoms with Crippen LogP contribution in [0.3, 0.4) is 0 Å².